The molecule has 2 rings (SSSR count). The van der Waals surface area contributed by atoms with E-state index in [0.717, 1.165) is 32.4 Å². The lowest BCUT2D eigenvalue weighted by Gasteiger charge is -2.32. The molecule has 0 aromatic heterocycles. The van der Waals surface area contributed by atoms with Crippen molar-refractivity contribution in [2.45, 2.75) is 45.6 Å². The van der Waals surface area contributed by atoms with E-state index in [0.29, 0.717) is 5.92 Å². The topological polar surface area (TPSA) is 49.4 Å². The zero-order chi connectivity index (χ0) is 15.9. The molecule has 0 unspecified atom stereocenters. The number of carbonyl (C=O) groups excluding carboxylic acids is 2. The highest BCUT2D eigenvalue weighted by Gasteiger charge is 2.24. The minimum Gasteiger partial charge on any atom is -0.353 e. The molecule has 120 valence electrons. The third kappa shape index (κ3) is 5.17. The van der Waals surface area contributed by atoms with E-state index in [1.165, 1.54) is 5.56 Å². The van der Waals surface area contributed by atoms with Gasteiger partial charge in [0.1, 0.15) is 6.42 Å². The number of rotatable bonds is 5. The van der Waals surface area contributed by atoms with Gasteiger partial charge in [0.05, 0.1) is 0 Å². The highest BCUT2D eigenvalue weighted by atomic mass is 16.2. The van der Waals surface area contributed by atoms with Crippen molar-refractivity contribution >= 4 is 11.8 Å². The summed E-state index contributed by atoms with van der Waals surface area (Å²) < 4.78 is 0. The number of nitrogens with zero attached hydrogens (tertiary/aromatic N) is 1. The summed E-state index contributed by atoms with van der Waals surface area (Å²) in [6, 6.07) is 10.6. The molecule has 0 saturated carbocycles. The Hall–Kier alpha value is -1.84. The molecule has 22 heavy (non-hydrogen) atoms. The quantitative estimate of drug-likeness (QED) is 0.849. The van der Waals surface area contributed by atoms with Crippen LogP contribution in [0.3, 0.4) is 0 Å². The van der Waals surface area contributed by atoms with Crippen LogP contribution in [0, 0.1) is 5.92 Å². The monoisotopic (exact) mass is 302 g/mol. The molecular formula is C18H26N2O2. The molecule has 1 fully saturated rings. The number of nitrogens with one attached hydrogen (secondary N) is 1. The maximum Gasteiger partial charge on any atom is 0.232 e. The zero-order valence-electron chi connectivity index (χ0n) is 13.5. The van der Waals surface area contributed by atoms with Crippen molar-refractivity contribution in [3.05, 3.63) is 35.9 Å². The zero-order valence-corrected chi connectivity index (χ0v) is 13.5. The molecule has 1 aliphatic rings. The van der Waals surface area contributed by atoms with E-state index in [2.05, 4.69) is 29.6 Å². The lowest BCUT2D eigenvalue weighted by Crippen LogP contribution is -2.42. The van der Waals surface area contributed by atoms with Crippen LogP contribution in [0.1, 0.15) is 38.7 Å². The molecule has 1 aromatic carbocycles. The fourth-order valence-corrected chi connectivity index (χ4v) is 2.96. The minimum atomic E-state index is -0.175. The molecular weight excluding hydrogens is 276 g/mol. The lowest BCUT2D eigenvalue weighted by molar-refractivity contribution is -0.137. The summed E-state index contributed by atoms with van der Waals surface area (Å²) in [5, 5.41) is 2.77. The van der Waals surface area contributed by atoms with Crippen molar-refractivity contribution in [3.63, 3.8) is 0 Å². The van der Waals surface area contributed by atoms with Crippen LogP contribution in [0.25, 0.3) is 0 Å². The molecule has 1 heterocycles. The number of carbonyl (C=O) groups is 2. The highest BCUT2D eigenvalue weighted by molar-refractivity contribution is 5.97. The Morgan fingerprint density at radius 2 is 1.82 bits per heavy atom. The van der Waals surface area contributed by atoms with Gasteiger partial charge >= 0.3 is 0 Å². The SMILES string of the molecule is CC(C)NC(=O)CC(=O)N1CCC(Cc2ccccc2)CC1. The van der Waals surface area contributed by atoms with Gasteiger partial charge in [0, 0.05) is 19.1 Å². The van der Waals surface area contributed by atoms with Crippen LogP contribution in [-0.4, -0.2) is 35.8 Å². The fraction of sp³-hybridized carbons (Fsp3) is 0.556. The molecule has 1 aromatic rings. The molecule has 4 nitrogen and oxygen atoms in total. The maximum absolute atomic E-state index is 12.1. The van der Waals surface area contributed by atoms with Gasteiger partial charge < -0.3 is 10.2 Å². The first-order valence-corrected chi connectivity index (χ1v) is 8.15. The van der Waals surface area contributed by atoms with E-state index in [1.54, 1.807) is 0 Å². The van der Waals surface area contributed by atoms with Gasteiger partial charge in [0.25, 0.3) is 0 Å². The first-order valence-electron chi connectivity index (χ1n) is 8.15. The summed E-state index contributed by atoms with van der Waals surface area (Å²) in [6.45, 7) is 5.34. The van der Waals surface area contributed by atoms with Gasteiger partial charge in [-0.05, 0) is 44.6 Å². The van der Waals surface area contributed by atoms with Crippen LogP contribution in [0.5, 0.6) is 0 Å². The molecule has 0 atom stereocenters. The highest BCUT2D eigenvalue weighted by Crippen LogP contribution is 2.22. The Morgan fingerprint density at radius 1 is 1.18 bits per heavy atom. The number of piperidine rings is 1. The Labute approximate surface area is 132 Å². The van der Waals surface area contributed by atoms with Crippen LogP contribution < -0.4 is 5.32 Å². The van der Waals surface area contributed by atoms with Crippen LogP contribution in [0.2, 0.25) is 0 Å². The Morgan fingerprint density at radius 3 is 2.41 bits per heavy atom. The van der Waals surface area contributed by atoms with Crippen molar-refractivity contribution in [3.8, 4) is 0 Å². The first-order chi connectivity index (χ1) is 10.5. The van der Waals surface area contributed by atoms with Gasteiger partial charge in [0.15, 0.2) is 0 Å². The molecule has 0 bridgehead atoms. The molecule has 0 radical (unpaired) electrons. The predicted molar refractivity (Wildman–Crippen MR) is 87.3 cm³/mol. The van der Waals surface area contributed by atoms with E-state index in [4.69, 9.17) is 0 Å². The number of hydrogen-bond donors (Lipinski definition) is 1. The van der Waals surface area contributed by atoms with Crippen molar-refractivity contribution in [1.29, 1.82) is 0 Å². The second-order valence-electron chi connectivity index (χ2n) is 6.41. The largest absolute Gasteiger partial charge is 0.353 e. The predicted octanol–water partition coefficient (Wildman–Crippen LogP) is 2.38. The number of benzene rings is 1. The standard InChI is InChI=1S/C18H26N2O2/c1-14(2)19-17(21)13-18(22)20-10-8-16(9-11-20)12-15-6-4-3-5-7-15/h3-7,14,16H,8-13H2,1-2H3,(H,19,21). The summed E-state index contributed by atoms with van der Waals surface area (Å²) >= 11 is 0. The van der Waals surface area contributed by atoms with Gasteiger partial charge in [-0.15, -0.1) is 0 Å². The summed E-state index contributed by atoms with van der Waals surface area (Å²) in [5.74, 6) is 0.415. The van der Waals surface area contributed by atoms with Crippen LogP contribution in [0.4, 0.5) is 0 Å². The Balaban J connectivity index is 1.74. The molecule has 0 spiro atoms. The smallest absolute Gasteiger partial charge is 0.232 e. The fourth-order valence-electron chi connectivity index (χ4n) is 2.96. The second kappa shape index (κ2) is 7.97. The van der Waals surface area contributed by atoms with Crippen molar-refractivity contribution in [2.75, 3.05) is 13.1 Å². The van der Waals surface area contributed by atoms with Crippen LogP contribution in [0.15, 0.2) is 30.3 Å². The summed E-state index contributed by atoms with van der Waals surface area (Å²) in [4.78, 5) is 25.6. The van der Waals surface area contributed by atoms with Gasteiger partial charge in [-0.2, -0.15) is 0 Å². The van der Waals surface area contributed by atoms with Gasteiger partial charge in [-0.25, -0.2) is 0 Å². The summed E-state index contributed by atoms with van der Waals surface area (Å²) in [7, 11) is 0. The van der Waals surface area contributed by atoms with Crippen LogP contribution in [-0.2, 0) is 16.0 Å². The van der Waals surface area contributed by atoms with Crippen molar-refractivity contribution in [1.82, 2.24) is 10.2 Å². The van der Waals surface area contributed by atoms with E-state index >= 15 is 0 Å². The van der Waals surface area contributed by atoms with E-state index in [1.807, 2.05) is 24.8 Å². The Kier molecular flexibility index (Phi) is 5.99. The average Bonchev–Trinajstić information content (AvgIpc) is 2.48. The van der Waals surface area contributed by atoms with Gasteiger partial charge in [-0.3, -0.25) is 9.59 Å². The van der Waals surface area contributed by atoms with Crippen LogP contribution >= 0.6 is 0 Å². The molecule has 2 amide bonds. The third-order valence-corrected chi connectivity index (χ3v) is 4.10. The maximum atomic E-state index is 12.1. The second-order valence-corrected chi connectivity index (χ2v) is 6.41. The summed E-state index contributed by atoms with van der Waals surface area (Å²) in [5.41, 5.74) is 1.36. The van der Waals surface area contributed by atoms with E-state index in [-0.39, 0.29) is 24.3 Å². The normalized spacial score (nSPS) is 15.9. The number of likely N-dealkylation sites (tertiary alicyclic amines) is 1. The van der Waals surface area contributed by atoms with Crippen molar-refractivity contribution in [2.24, 2.45) is 5.92 Å². The van der Waals surface area contributed by atoms with Gasteiger partial charge in [-0.1, -0.05) is 30.3 Å². The average molecular weight is 302 g/mol. The molecule has 1 N–H and O–H groups in total. The lowest BCUT2D eigenvalue weighted by atomic mass is 9.90. The number of amides is 2. The van der Waals surface area contributed by atoms with Gasteiger partial charge in [0.2, 0.25) is 11.8 Å². The van der Waals surface area contributed by atoms with E-state index in [9.17, 15) is 9.59 Å². The van der Waals surface area contributed by atoms with E-state index < -0.39 is 0 Å². The summed E-state index contributed by atoms with van der Waals surface area (Å²) in [6.07, 6.45) is 3.09. The van der Waals surface area contributed by atoms with Crippen molar-refractivity contribution < 1.29 is 9.59 Å². The molecule has 1 saturated heterocycles. The number of hydrogen-bond acceptors (Lipinski definition) is 2. The first kappa shape index (κ1) is 16.5. The minimum absolute atomic E-state index is 0.0263. The molecule has 1 aliphatic heterocycles. The molecule has 4 heteroatoms. The Bertz CT molecular complexity index is 491. The molecule has 0 aliphatic carbocycles. The third-order valence-electron chi connectivity index (χ3n) is 4.10.